The van der Waals surface area contributed by atoms with E-state index in [0.717, 1.165) is 10.2 Å². The lowest BCUT2D eigenvalue weighted by Gasteiger charge is -2.36. The van der Waals surface area contributed by atoms with Crippen LogP contribution in [0, 0.1) is 0 Å². The quantitative estimate of drug-likeness (QED) is 0.708. The number of carbonyl (C=O) groups excluding carboxylic acids is 1. The molecule has 4 heterocycles. The SMILES string of the molecule is Cn1nc(C(=O)N2CC(c3nc(-c4ccsc4)no3)C2)ccc1=O. The zero-order chi connectivity index (χ0) is 16.7. The van der Waals surface area contributed by atoms with Crippen molar-refractivity contribution in [3.8, 4) is 11.4 Å². The Hall–Kier alpha value is -2.81. The Morgan fingerprint density at radius 2 is 2.17 bits per heavy atom. The molecule has 1 aliphatic heterocycles. The van der Waals surface area contributed by atoms with E-state index in [1.54, 1.807) is 16.2 Å². The molecule has 8 nitrogen and oxygen atoms in total. The molecular formula is C15H13N5O3S. The van der Waals surface area contributed by atoms with Crippen LogP contribution in [0.1, 0.15) is 22.3 Å². The van der Waals surface area contributed by atoms with Gasteiger partial charge in [0, 0.05) is 37.1 Å². The molecule has 3 aromatic heterocycles. The summed E-state index contributed by atoms with van der Waals surface area (Å²) >= 11 is 1.57. The molecule has 9 heteroatoms. The van der Waals surface area contributed by atoms with Crippen LogP contribution in [0.2, 0.25) is 0 Å². The lowest BCUT2D eigenvalue weighted by Crippen LogP contribution is -2.49. The Bertz CT molecular complexity index is 940. The Labute approximate surface area is 140 Å². The van der Waals surface area contributed by atoms with Crippen LogP contribution in [0.4, 0.5) is 0 Å². The van der Waals surface area contributed by atoms with Crippen molar-refractivity contribution in [1.29, 1.82) is 0 Å². The van der Waals surface area contributed by atoms with Gasteiger partial charge in [0.2, 0.25) is 11.7 Å². The molecule has 0 atom stereocenters. The summed E-state index contributed by atoms with van der Waals surface area (Å²) in [5, 5.41) is 11.9. The predicted molar refractivity (Wildman–Crippen MR) is 85.7 cm³/mol. The summed E-state index contributed by atoms with van der Waals surface area (Å²) in [6.07, 6.45) is 0. The third-order valence-electron chi connectivity index (χ3n) is 3.92. The van der Waals surface area contributed by atoms with Gasteiger partial charge in [0.25, 0.3) is 11.5 Å². The molecule has 3 aromatic rings. The molecule has 0 bridgehead atoms. The molecule has 4 rings (SSSR count). The van der Waals surface area contributed by atoms with Crippen molar-refractivity contribution in [3.63, 3.8) is 0 Å². The summed E-state index contributed by atoms with van der Waals surface area (Å²) in [5.74, 6) is 0.921. The molecule has 122 valence electrons. The standard InChI is InChI=1S/C15H13N5O3S/c1-19-12(21)3-2-11(17-19)15(22)20-6-10(7-20)14-16-13(18-23-14)9-4-5-24-8-9/h2-5,8,10H,6-7H2,1H3. The van der Waals surface area contributed by atoms with Crippen LogP contribution >= 0.6 is 11.3 Å². The zero-order valence-corrected chi connectivity index (χ0v) is 13.6. The molecule has 0 saturated carbocycles. The normalized spacial score (nSPS) is 14.6. The minimum Gasteiger partial charge on any atom is -0.339 e. The molecule has 0 aromatic carbocycles. The summed E-state index contributed by atoms with van der Waals surface area (Å²) in [6.45, 7) is 0.989. The second-order valence-electron chi connectivity index (χ2n) is 5.56. The molecule has 1 saturated heterocycles. The molecule has 1 fully saturated rings. The van der Waals surface area contributed by atoms with Crippen molar-refractivity contribution >= 4 is 17.2 Å². The van der Waals surface area contributed by atoms with Crippen LogP contribution in [0.3, 0.4) is 0 Å². The Morgan fingerprint density at radius 3 is 2.88 bits per heavy atom. The number of amides is 1. The number of thiophene rings is 1. The molecule has 24 heavy (non-hydrogen) atoms. The second kappa shape index (κ2) is 5.68. The maximum atomic E-state index is 12.3. The van der Waals surface area contributed by atoms with Crippen molar-refractivity contribution < 1.29 is 9.32 Å². The van der Waals surface area contributed by atoms with Crippen molar-refractivity contribution in [2.45, 2.75) is 5.92 Å². The highest BCUT2D eigenvalue weighted by Crippen LogP contribution is 2.28. The minimum atomic E-state index is -0.250. The van der Waals surface area contributed by atoms with Crippen LogP contribution in [0.15, 0.2) is 38.3 Å². The average Bonchev–Trinajstić information content (AvgIpc) is 3.19. The van der Waals surface area contributed by atoms with E-state index in [-0.39, 0.29) is 23.1 Å². The smallest absolute Gasteiger partial charge is 0.274 e. The van der Waals surface area contributed by atoms with Gasteiger partial charge < -0.3 is 9.42 Å². The molecule has 0 N–H and O–H groups in total. The van der Waals surface area contributed by atoms with Gasteiger partial charge in [0.15, 0.2) is 0 Å². The van der Waals surface area contributed by atoms with E-state index in [4.69, 9.17) is 4.52 Å². The first-order chi connectivity index (χ1) is 11.6. The van der Waals surface area contributed by atoms with E-state index >= 15 is 0 Å². The Kier molecular flexibility index (Phi) is 3.49. The monoisotopic (exact) mass is 343 g/mol. The van der Waals surface area contributed by atoms with Gasteiger partial charge in [-0.1, -0.05) is 5.16 Å². The third-order valence-corrected chi connectivity index (χ3v) is 4.60. The predicted octanol–water partition coefficient (Wildman–Crippen LogP) is 1.13. The maximum Gasteiger partial charge on any atom is 0.274 e. The topological polar surface area (TPSA) is 94.1 Å². The second-order valence-corrected chi connectivity index (χ2v) is 6.34. The molecule has 1 aliphatic rings. The average molecular weight is 343 g/mol. The highest BCUT2D eigenvalue weighted by Gasteiger charge is 2.36. The first kappa shape index (κ1) is 14.8. The fourth-order valence-electron chi connectivity index (χ4n) is 2.49. The van der Waals surface area contributed by atoms with Gasteiger partial charge in [-0.25, -0.2) is 4.68 Å². The van der Waals surface area contributed by atoms with Gasteiger partial charge in [0.05, 0.1) is 5.92 Å². The highest BCUT2D eigenvalue weighted by atomic mass is 32.1. The van der Waals surface area contributed by atoms with Gasteiger partial charge in [-0.05, 0) is 17.5 Å². The molecule has 0 unspecified atom stereocenters. The fraction of sp³-hybridized carbons (Fsp3) is 0.267. The van der Waals surface area contributed by atoms with Gasteiger partial charge in [-0.15, -0.1) is 0 Å². The van der Waals surface area contributed by atoms with Gasteiger partial charge in [-0.3, -0.25) is 9.59 Å². The van der Waals surface area contributed by atoms with Crippen molar-refractivity contribution in [1.82, 2.24) is 24.8 Å². The largest absolute Gasteiger partial charge is 0.339 e. The first-order valence-electron chi connectivity index (χ1n) is 7.31. The van der Waals surface area contributed by atoms with Gasteiger partial charge >= 0.3 is 0 Å². The van der Waals surface area contributed by atoms with E-state index in [2.05, 4.69) is 15.2 Å². The minimum absolute atomic E-state index is 0.0290. The zero-order valence-electron chi connectivity index (χ0n) is 12.7. The van der Waals surface area contributed by atoms with Crippen molar-refractivity contribution in [3.05, 3.63) is 50.9 Å². The summed E-state index contributed by atoms with van der Waals surface area (Å²) in [6, 6.07) is 4.71. The molecule has 0 aliphatic carbocycles. The highest BCUT2D eigenvalue weighted by molar-refractivity contribution is 7.08. The lowest BCUT2D eigenvalue weighted by atomic mass is 9.99. The van der Waals surface area contributed by atoms with Gasteiger partial charge in [0.1, 0.15) is 5.69 Å². The van der Waals surface area contributed by atoms with Crippen LogP contribution < -0.4 is 5.56 Å². The molecule has 1 amide bonds. The van der Waals surface area contributed by atoms with E-state index in [1.807, 2.05) is 16.8 Å². The molecule has 0 spiro atoms. The van der Waals surface area contributed by atoms with E-state index in [9.17, 15) is 9.59 Å². The maximum absolute atomic E-state index is 12.3. The van der Waals surface area contributed by atoms with Crippen LogP contribution in [0.5, 0.6) is 0 Å². The van der Waals surface area contributed by atoms with Crippen molar-refractivity contribution in [2.75, 3.05) is 13.1 Å². The molecule has 0 radical (unpaired) electrons. The molecular weight excluding hydrogens is 330 g/mol. The number of aromatic nitrogens is 4. The number of aryl methyl sites for hydroxylation is 1. The van der Waals surface area contributed by atoms with Crippen LogP contribution in [0.25, 0.3) is 11.4 Å². The summed E-state index contributed by atoms with van der Waals surface area (Å²) in [7, 11) is 1.52. The van der Waals surface area contributed by atoms with Crippen LogP contribution in [-0.2, 0) is 7.05 Å². The first-order valence-corrected chi connectivity index (χ1v) is 8.26. The number of rotatable bonds is 3. The fourth-order valence-corrected chi connectivity index (χ4v) is 3.12. The number of hydrogen-bond acceptors (Lipinski definition) is 7. The number of hydrogen-bond donors (Lipinski definition) is 0. The summed E-state index contributed by atoms with van der Waals surface area (Å²) < 4.78 is 6.45. The Balaban J connectivity index is 1.43. The van der Waals surface area contributed by atoms with E-state index in [0.29, 0.717) is 24.8 Å². The Morgan fingerprint density at radius 1 is 1.33 bits per heavy atom. The van der Waals surface area contributed by atoms with Gasteiger partial charge in [-0.2, -0.15) is 21.4 Å². The van der Waals surface area contributed by atoms with E-state index < -0.39 is 0 Å². The van der Waals surface area contributed by atoms with Crippen molar-refractivity contribution in [2.24, 2.45) is 7.05 Å². The number of likely N-dealkylation sites (tertiary alicyclic amines) is 1. The number of nitrogens with zero attached hydrogens (tertiary/aromatic N) is 5. The van der Waals surface area contributed by atoms with Crippen LogP contribution in [-0.4, -0.2) is 43.8 Å². The summed E-state index contributed by atoms with van der Waals surface area (Å²) in [4.78, 5) is 29.7. The summed E-state index contributed by atoms with van der Waals surface area (Å²) in [5.41, 5.74) is 0.927. The lowest BCUT2D eigenvalue weighted by molar-refractivity contribution is 0.0560. The third kappa shape index (κ3) is 2.52. The number of carbonyl (C=O) groups is 1. The van der Waals surface area contributed by atoms with E-state index in [1.165, 1.54) is 19.2 Å².